The van der Waals surface area contributed by atoms with E-state index in [2.05, 4.69) is 53.4 Å². The number of nitrogens with zero attached hydrogens (tertiary/aromatic N) is 1. The molecule has 0 spiro atoms. The van der Waals surface area contributed by atoms with E-state index in [1.807, 2.05) is 6.07 Å². The summed E-state index contributed by atoms with van der Waals surface area (Å²) in [4.78, 5) is 7.71. The summed E-state index contributed by atoms with van der Waals surface area (Å²) >= 11 is 6.19. The van der Waals surface area contributed by atoms with Gasteiger partial charge in [0, 0.05) is 19.0 Å². The van der Waals surface area contributed by atoms with Crippen LogP contribution in [0.2, 0.25) is 5.15 Å². The number of aromatic amines is 1. The van der Waals surface area contributed by atoms with Gasteiger partial charge in [-0.3, -0.25) is 0 Å². The maximum Gasteiger partial charge on any atom is 0.151 e. The van der Waals surface area contributed by atoms with E-state index >= 15 is 0 Å². The van der Waals surface area contributed by atoms with Crippen LogP contribution in [0.4, 0.5) is 0 Å². The first kappa shape index (κ1) is 16.1. The Morgan fingerprint density at radius 3 is 2.76 bits per heavy atom. The number of hydrogen-bond acceptors (Lipinski definition) is 2. The van der Waals surface area contributed by atoms with E-state index in [0.29, 0.717) is 11.2 Å². The molecular weight excluding hydrogens is 282 g/mol. The van der Waals surface area contributed by atoms with Gasteiger partial charge in [-0.05, 0) is 25.3 Å². The van der Waals surface area contributed by atoms with Gasteiger partial charge in [-0.2, -0.15) is 0 Å². The second-order valence-electron chi connectivity index (χ2n) is 5.53. The van der Waals surface area contributed by atoms with E-state index in [1.54, 1.807) is 0 Å². The SMILES string of the molecule is CCCCc1nc(Cl)c(CNC(C)Cc2ccccc2)[nH]1. The van der Waals surface area contributed by atoms with Crippen molar-refractivity contribution in [1.82, 2.24) is 15.3 Å². The fourth-order valence-electron chi connectivity index (χ4n) is 2.34. The van der Waals surface area contributed by atoms with Crippen LogP contribution in [0.5, 0.6) is 0 Å². The van der Waals surface area contributed by atoms with Crippen molar-refractivity contribution in [3.05, 3.63) is 52.6 Å². The summed E-state index contributed by atoms with van der Waals surface area (Å²) in [5.74, 6) is 0.995. The van der Waals surface area contributed by atoms with Crippen LogP contribution in [0.1, 0.15) is 43.8 Å². The van der Waals surface area contributed by atoms with Gasteiger partial charge in [0.1, 0.15) is 5.82 Å². The molecule has 0 fully saturated rings. The molecule has 2 rings (SSSR count). The van der Waals surface area contributed by atoms with Crippen LogP contribution < -0.4 is 5.32 Å². The minimum absolute atomic E-state index is 0.394. The van der Waals surface area contributed by atoms with Crippen molar-refractivity contribution in [2.75, 3.05) is 0 Å². The van der Waals surface area contributed by atoms with Gasteiger partial charge in [0.05, 0.1) is 5.69 Å². The number of H-pyrrole nitrogens is 1. The van der Waals surface area contributed by atoms with Crippen molar-refractivity contribution in [2.45, 2.75) is 52.1 Å². The van der Waals surface area contributed by atoms with Gasteiger partial charge in [0.15, 0.2) is 5.15 Å². The summed E-state index contributed by atoms with van der Waals surface area (Å²) in [6.45, 7) is 5.10. The maximum absolute atomic E-state index is 6.19. The first-order valence-electron chi connectivity index (χ1n) is 7.69. The molecule has 0 saturated carbocycles. The van der Waals surface area contributed by atoms with Crippen LogP contribution in [0.15, 0.2) is 30.3 Å². The fourth-order valence-corrected chi connectivity index (χ4v) is 2.55. The van der Waals surface area contributed by atoms with Gasteiger partial charge in [0.25, 0.3) is 0 Å². The summed E-state index contributed by atoms with van der Waals surface area (Å²) in [5, 5.41) is 4.10. The molecule has 0 aliphatic rings. The summed E-state index contributed by atoms with van der Waals surface area (Å²) in [6, 6.07) is 10.9. The minimum atomic E-state index is 0.394. The molecule has 0 saturated heterocycles. The lowest BCUT2D eigenvalue weighted by atomic mass is 10.1. The van der Waals surface area contributed by atoms with Crippen molar-refractivity contribution in [3.63, 3.8) is 0 Å². The fraction of sp³-hybridized carbons (Fsp3) is 0.471. The van der Waals surface area contributed by atoms with E-state index in [4.69, 9.17) is 11.6 Å². The molecule has 1 atom stereocenters. The van der Waals surface area contributed by atoms with Crippen molar-refractivity contribution < 1.29 is 0 Å². The zero-order valence-corrected chi connectivity index (χ0v) is 13.6. The average molecular weight is 306 g/mol. The highest BCUT2D eigenvalue weighted by atomic mass is 35.5. The molecule has 21 heavy (non-hydrogen) atoms. The highest BCUT2D eigenvalue weighted by molar-refractivity contribution is 6.30. The Balaban J connectivity index is 1.83. The van der Waals surface area contributed by atoms with Gasteiger partial charge >= 0.3 is 0 Å². The third-order valence-electron chi connectivity index (χ3n) is 3.56. The van der Waals surface area contributed by atoms with Crippen molar-refractivity contribution in [2.24, 2.45) is 0 Å². The first-order chi connectivity index (χ1) is 10.2. The molecule has 0 bridgehead atoms. The Morgan fingerprint density at radius 2 is 2.05 bits per heavy atom. The first-order valence-corrected chi connectivity index (χ1v) is 8.07. The molecular formula is C17H24ClN3. The van der Waals surface area contributed by atoms with E-state index in [0.717, 1.165) is 37.3 Å². The van der Waals surface area contributed by atoms with Crippen LogP contribution in [0, 0.1) is 0 Å². The Bertz CT molecular complexity index is 536. The number of rotatable bonds is 8. The maximum atomic E-state index is 6.19. The lowest BCUT2D eigenvalue weighted by Gasteiger charge is -2.13. The zero-order valence-electron chi connectivity index (χ0n) is 12.8. The molecule has 2 N–H and O–H groups in total. The molecule has 1 aromatic heterocycles. The van der Waals surface area contributed by atoms with Crippen LogP contribution in [-0.2, 0) is 19.4 Å². The molecule has 0 amide bonds. The number of benzene rings is 1. The Hall–Kier alpha value is -1.32. The van der Waals surface area contributed by atoms with Gasteiger partial charge in [-0.25, -0.2) is 4.98 Å². The highest BCUT2D eigenvalue weighted by Gasteiger charge is 2.09. The standard InChI is InChI=1S/C17H24ClN3/c1-3-4-10-16-20-15(17(18)21-16)12-19-13(2)11-14-8-6-5-7-9-14/h5-9,13,19H,3-4,10-12H2,1-2H3,(H,20,21). The lowest BCUT2D eigenvalue weighted by Crippen LogP contribution is -2.27. The monoisotopic (exact) mass is 305 g/mol. The summed E-state index contributed by atoms with van der Waals surface area (Å²) in [6.07, 6.45) is 4.28. The quantitative estimate of drug-likeness (QED) is 0.770. The second kappa shape index (κ2) is 8.20. The average Bonchev–Trinajstić information content (AvgIpc) is 2.84. The molecule has 1 heterocycles. The normalized spacial score (nSPS) is 12.5. The molecule has 0 aliphatic carbocycles. The molecule has 0 aliphatic heterocycles. The number of imidazole rings is 1. The predicted molar refractivity (Wildman–Crippen MR) is 88.7 cm³/mol. The molecule has 114 valence electrons. The van der Waals surface area contributed by atoms with Crippen LogP contribution in [-0.4, -0.2) is 16.0 Å². The zero-order chi connectivity index (χ0) is 15.1. The lowest BCUT2D eigenvalue weighted by molar-refractivity contribution is 0.540. The Kier molecular flexibility index (Phi) is 6.27. The summed E-state index contributed by atoms with van der Waals surface area (Å²) in [5.41, 5.74) is 2.33. The predicted octanol–water partition coefficient (Wildman–Crippen LogP) is 4.13. The molecule has 1 unspecified atom stereocenters. The van der Waals surface area contributed by atoms with Crippen molar-refractivity contribution in [1.29, 1.82) is 0 Å². The van der Waals surface area contributed by atoms with Gasteiger partial charge < -0.3 is 10.3 Å². The number of aromatic nitrogens is 2. The molecule has 0 radical (unpaired) electrons. The molecule has 1 aromatic carbocycles. The highest BCUT2D eigenvalue weighted by Crippen LogP contribution is 2.14. The number of nitrogens with one attached hydrogen (secondary N) is 2. The van der Waals surface area contributed by atoms with Crippen LogP contribution in [0.3, 0.4) is 0 Å². The van der Waals surface area contributed by atoms with E-state index in [-0.39, 0.29) is 0 Å². The van der Waals surface area contributed by atoms with Crippen molar-refractivity contribution in [3.8, 4) is 0 Å². The van der Waals surface area contributed by atoms with E-state index in [9.17, 15) is 0 Å². The van der Waals surface area contributed by atoms with Crippen molar-refractivity contribution >= 4 is 11.6 Å². The number of hydrogen-bond donors (Lipinski definition) is 2. The van der Waals surface area contributed by atoms with E-state index < -0.39 is 0 Å². The number of unbranched alkanes of at least 4 members (excludes halogenated alkanes) is 1. The molecule has 3 nitrogen and oxygen atoms in total. The summed E-state index contributed by atoms with van der Waals surface area (Å²) in [7, 11) is 0. The largest absolute Gasteiger partial charge is 0.344 e. The number of halogens is 1. The molecule has 4 heteroatoms. The Labute approximate surface area is 132 Å². The Morgan fingerprint density at radius 1 is 1.29 bits per heavy atom. The van der Waals surface area contributed by atoms with Gasteiger partial charge in [-0.15, -0.1) is 0 Å². The number of aryl methyl sites for hydroxylation is 1. The van der Waals surface area contributed by atoms with E-state index in [1.165, 1.54) is 12.0 Å². The summed E-state index contributed by atoms with van der Waals surface area (Å²) < 4.78 is 0. The second-order valence-corrected chi connectivity index (χ2v) is 5.89. The smallest absolute Gasteiger partial charge is 0.151 e. The van der Waals surface area contributed by atoms with Gasteiger partial charge in [0.2, 0.25) is 0 Å². The molecule has 2 aromatic rings. The topological polar surface area (TPSA) is 40.7 Å². The van der Waals surface area contributed by atoms with Crippen LogP contribution in [0.25, 0.3) is 0 Å². The third-order valence-corrected chi connectivity index (χ3v) is 3.87. The van der Waals surface area contributed by atoms with Crippen LogP contribution >= 0.6 is 11.6 Å². The minimum Gasteiger partial charge on any atom is -0.344 e. The van der Waals surface area contributed by atoms with Gasteiger partial charge in [-0.1, -0.05) is 55.3 Å². The third kappa shape index (κ3) is 5.18.